The molecule has 3 aromatic rings. The third-order valence-corrected chi connectivity index (χ3v) is 8.15. The number of anilines is 4. The van der Waals surface area contributed by atoms with Crippen molar-refractivity contribution in [2.75, 3.05) is 48.1 Å². The molecule has 11 nitrogen and oxygen atoms in total. The number of hydrogen-bond acceptors (Lipinski definition) is 10. The molecular weight excluding hydrogens is 544 g/mol. The summed E-state index contributed by atoms with van der Waals surface area (Å²) in [5.41, 5.74) is 3.80. The van der Waals surface area contributed by atoms with Gasteiger partial charge in [0.05, 0.1) is 35.5 Å². The summed E-state index contributed by atoms with van der Waals surface area (Å²) in [6.45, 7) is 8.35. The number of carbonyl (C=O) groups is 1. The number of aromatic nitrogens is 3. The van der Waals surface area contributed by atoms with Crippen molar-refractivity contribution in [2.45, 2.75) is 56.8 Å². The molecule has 0 aromatic carbocycles. The van der Waals surface area contributed by atoms with Gasteiger partial charge in [0.2, 0.25) is 5.91 Å². The monoisotopic (exact) mass is 580 g/mol. The molecule has 0 bridgehead atoms. The molecule has 2 aliphatic rings. The van der Waals surface area contributed by atoms with Crippen LogP contribution in [0.5, 0.6) is 0 Å². The van der Waals surface area contributed by atoms with Crippen LogP contribution in [0.2, 0.25) is 0 Å². The molecule has 41 heavy (non-hydrogen) atoms. The highest BCUT2D eigenvalue weighted by Crippen LogP contribution is 2.34. The minimum atomic E-state index is -3.57. The Hall–Kier alpha value is -3.61. The van der Waals surface area contributed by atoms with Gasteiger partial charge in [-0.25, -0.2) is 18.4 Å². The van der Waals surface area contributed by atoms with Gasteiger partial charge in [-0.3, -0.25) is 9.78 Å². The van der Waals surface area contributed by atoms with Crippen molar-refractivity contribution >= 4 is 38.8 Å². The summed E-state index contributed by atoms with van der Waals surface area (Å²) in [7, 11) is -3.57. The van der Waals surface area contributed by atoms with E-state index in [1.54, 1.807) is 18.3 Å². The lowest BCUT2D eigenvalue weighted by molar-refractivity contribution is -0.114. The van der Waals surface area contributed by atoms with Gasteiger partial charge in [0.1, 0.15) is 11.6 Å². The molecule has 0 spiro atoms. The summed E-state index contributed by atoms with van der Waals surface area (Å²) in [5.74, 6) is 0.635. The van der Waals surface area contributed by atoms with E-state index in [4.69, 9.17) is 14.5 Å². The van der Waals surface area contributed by atoms with Gasteiger partial charge >= 0.3 is 0 Å². The predicted molar refractivity (Wildman–Crippen MR) is 157 cm³/mol. The lowest BCUT2D eigenvalue weighted by Gasteiger charge is -2.36. The molecule has 3 aromatic heterocycles. The van der Waals surface area contributed by atoms with E-state index in [1.807, 2.05) is 24.4 Å². The Morgan fingerprint density at radius 3 is 2.37 bits per heavy atom. The molecule has 2 saturated heterocycles. The first-order valence-electron chi connectivity index (χ1n) is 13.8. The Balaban J connectivity index is 1.51. The SMILES string of the molecule is CC(=O)Nc1cc(Nc2cc(C3CCOCC3)cc(S(C)(=O)=O)n2)c(-c2ccc(N3C[C@@H](C)O[C@@H](C)C3)cn2)cn1. The van der Waals surface area contributed by atoms with Gasteiger partial charge in [-0.15, -0.1) is 0 Å². The maximum absolute atomic E-state index is 12.5. The largest absolute Gasteiger partial charge is 0.381 e. The van der Waals surface area contributed by atoms with Crippen LogP contribution in [0.3, 0.4) is 0 Å². The molecule has 2 fully saturated rings. The molecule has 0 unspecified atom stereocenters. The molecule has 2 aliphatic heterocycles. The second-order valence-corrected chi connectivity index (χ2v) is 12.7. The lowest BCUT2D eigenvalue weighted by atomic mass is 9.92. The van der Waals surface area contributed by atoms with Crippen molar-refractivity contribution in [1.82, 2.24) is 15.0 Å². The van der Waals surface area contributed by atoms with Gasteiger partial charge < -0.3 is 25.0 Å². The second-order valence-electron chi connectivity index (χ2n) is 10.8. The lowest BCUT2D eigenvalue weighted by Crippen LogP contribution is -2.45. The fourth-order valence-corrected chi connectivity index (χ4v) is 5.93. The molecule has 5 heterocycles. The summed E-state index contributed by atoms with van der Waals surface area (Å²) in [5, 5.41) is 6.01. The fraction of sp³-hybridized carbons (Fsp3) is 0.448. The van der Waals surface area contributed by atoms with Crippen molar-refractivity contribution in [2.24, 2.45) is 0 Å². The number of ether oxygens (including phenoxy) is 2. The first kappa shape index (κ1) is 28.9. The number of carbonyl (C=O) groups excluding carboxylic acids is 1. The third kappa shape index (κ3) is 7.19. The molecular formula is C29H36N6O5S. The highest BCUT2D eigenvalue weighted by atomic mass is 32.2. The van der Waals surface area contributed by atoms with Crippen LogP contribution in [0.25, 0.3) is 11.3 Å². The first-order chi connectivity index (χ1) is 19.5. The molecule has 0 radical (unpaired) electrons. The summed E-state index contributed by atoms with van der Waals surface area (Å²) in [6.07, 6.45) is 6.47. The molecule has 218 valence electrons. The van der Waals surface area contributed by atoms with Crippen molar-refractivity contribution in [3.63, 3.8) is 0 Å². The average molecular weight is 581 g/mol. The van der Waals surface area contributed by atoms with Gasteiger partial charge in [0, 0.05) is 57.3 Å². The molecule has 0 aliphatic carbocycles. The zero-order valence-electron chi connectivity index (χ0n) is 23.8. The van der Waals surface area contributed by atoms with Crippen molar-refractivity contribution in [3.05, 3.63) is 48.3 Å². The number of rotatable bonds is 7. The maximum atomic E-state index is 12.5. The number of nitrogens with one attached hydrogen (secondary N) is 2. The van der Waals surface area contributed by atoms with E-state index in [0.717, 1.165) is 43.4 Å². The smallest absolute Gasteiger partial charge is 0.222 e. The van der Waals surface area contributed by atoms with E-state index < -0.39 is 9.84 Å². The van der Waals surface area contributed by atoms with Crippen LogP contribution in [0.15, 0.2) is 47.8 Å². The Labute approximate surface area is 240 Å². The van der Waals surface area contributed by atoms with E-state index in [1.165, 1.54) is 6.92 Å². The average Bonchev–Trinajstić information content (AvgIpc) is 2.92. The van der Waals surface area contributed by atoms with Crippen LogP contribution in [0.4, 0.5) is 23.0 Å². The van der Waals surface area contributed by atoms with E-state index in [-0.39, 0.29) is 29.1 Å². The third-order valence-electron chi connectivity index (χ3n) is 7.18. The van der Waals surface area contributed by atoms with Gasteiger partial charge in [-0.1, -0.05) is 0 Å². The van der Waals surface area contributed by atoms with E-state index >= 15 is 0 Å². The molecule has 5 rings (SSSR count). The Kier molecular flexibility index (Phi) is 8.52. The van der Waals surface area contributed by atoms with Crippen LogP contribution < -0.4 is 15.5 Å². The van der Waals surface area contributed by atoms with Gasteiger partial charge in [-0.2, -0.15) is 0 Å². The van der Waals surface area contributed by atoms with Gasteiger partial charge in [0.25, 0.3) is 0 Å². The second kappa shape index (κ2) is 12.1. The Morgan fingerprint density at radius 1 is 1.00 bits per heavy atom. The maximum Gasteiger partial charge on any atom is 0.222 e. The molecule has 1 amide bonds. The zero-order chi connectivity index (χ0) is 29.1. The van der Waals surface area contributed by atoms with Crippen molar-refractivity contribution < 1.29 is 22.7 Å². The number of pyridine rings is 3. The van der Waals surface area contributed by atoms with Crippen LogP contribution in [-0.2, 0) is 24.1 Å². The topological polar surface area (TPSA) is 136 Å². The van der Waals surface area contributed by atoms with Crippen molar-refractivity contribution in [3.8, 4) is 11.3 Å². The molecule has 0 saturated carbocycles. The zero-order valence-corrected chi connectivity index (χ0v) is 24.6. The highest BCUT2D eigenvalue weighted by molar-refractivity contribution is 7.90. The normalized spacial score (nSPS) is 20.0. The highest BCUT2D eigenvalue weighted by Gasteiger charge is 2.24. The van der Waals surface area contributed by atoms with Gasteiger partial charge in [0.15, 0.2) is 14.9 Å². The van der Waals surface area contributed by atoms with E-state index in [0.29, 0.717) is 41.8 Å². The summed E-state index contributed by atoms with van der Waals surface area (Å²) in [6, 6.07) is 9.17. The van der Waals surface area contributed by atoms with E-state index in [2.05, 4.69) is 39.3 Å². The fourth-order valence-electron chi connectivity index (χ4n) is 5.32. The summed E-state index contributed by atoms with van der Waals surface area (Å²) < 4.78 is 36.5. The minimum absolute atomic E-state index is 0.00173. The van der Waals surface area contributed by atoms with Crippen LogP contribution in [0, 0.1) is 0 Å². The first-order valence-corrected chi connectivity index (χ1v) is 15.7. The summed E-state index contributed by atoms with van der Waals surface area (Å²) in [4.78, 5) is 27.6. The molecule has 2 atom stereocenters. The number of hydrogen-bond donors (Lipinski definition) is 2. The van der Waals surface area contributed by atoms with E-state index in [9.17, 15) is 13.2 Å². The number of nitrogens with zero attached hydrogens (tertiary/aromatic N) is 4. The Bertz CT molecular complexity index is 1500. The van der Waals surface area contributed by atoms with Crippen LogP contribution >= 0.6 is 0 Å². The summed E-state index contributed by atoms with van der Waals surface area (Å²) >= 11 is 0. The quantitative estimate of drug-likeness (QED) is 0.419. The number of morpholine rings is 1. The van der Waals surface area contributed by atoms with Crippen LogP contribution in [-0.4, -0.2) is 74.0 Å². The number of sulfone groups is 1. The van der Waals surface area contributed by atoms with Gasteiger partial charge in [-0.05, 0) is 62.4 Å². The molecule has 12 heteroatoms. The van der Waals surface area contributed by atoms with Crippen LogP contribution in [0.1, 0.15) is 45.1 Å². The standard InChI is InChI=1S/C29H36N6O5S/c1-18-16-35(17-19(2)40-18)23-5-6-25(30-14-23)24-15-31-27(32-20(3)36)13-26(24)33-28-11-22(21-7-9-39-10-8-21)12-29(34-28)41(4,37)38/h5-6,11-15,18-19,21H,7-10,16-17H2,1-4H3,(H2,31,32,33,34,36)/t18-,19+. The Morgan fingerprint density at radius 2 is 1.73 bits per heavy atom. The minimum Gasteiger partial charge on any atom is -0.381 e. The molecule has 2 N–H and O–H groups in total. The predicted octanol–water partition coefficient (Wildman–Crippen LogP) is 4.15. The number of amides is 1. The van der Waals surface area contributed by atoms with Crippen molar-refractivity contribution in [1.29, 1.82) is 0 Å².